The van der Waals surface area contributed by atoms with Gasteiger partial charge in [0.05, 0.1) is 11.1 Å². The molecule has 0 atom stereocenters. The van der Waals surface area contributed by atoms with Crippen LogP contribution >= 0.6 is 0 Å². The fourth-order valence-corrected chi connectivity index (χ4v) is 2.17. The molecular weight excluding hydrogens is 266 g/mol. The number of hydrogen-bond donors (Lipinski definition) is 1. The predicted molar refractivity (Wildman–Crippen MR) is 80.0 cm³/mol. The average molecular weight is 279 g/mol. The minimum Gasteiger partial charge on any atom is -0.478 e. The molecule has 1 aromatic heterocycles. The minimum absolute atomic E-state index is 0.197. The van der Waals surface area contributed by atoms with Crippen LogP contribution in [0.4, 0.5) is 0 Å². The van der Waals surface area contributed by atoms with Crippen LogP contribution in [0.3, 0.4) is 0 Å². The second-order valence-electron chi connectivity index (χ2n) is 4.71. The number of ether oxygens (including phenoxy) is 1. The van der Waals surface area contributed by atoms with Gasteiger partial charge in [-0.15, -0.1) is 0 Å². The molecule has 0 aliphatic carbocycles. The third-order valence-electron chi connectivity index (χ3n) is 3.12. The van der Waals surface area contributed by atoms with Gasteiger partial charge in [0.1, 0.15) is 11.5 Å². The van der Waals surface area contributed by atoms with Crippen molar-refractivity contribution in [2.75, 3.05) is 0 Å². The van der Waals surface area contributed by atoms with E-state index in [1.807, 2.05) is 37.3 Å². The summed E-state index contributed by atoms with van der Waals surface area (Å²) in [4.78, 5) is 15.5. The molecule has 0 saturated carbocycles. The molecule has 4 nitrogen and oxygen atoms in total. The number of aromatic carboxylic acids is 1. The summed E-state index contributed by atoms with van der Waals surface area (Å²) in [6.07, 6.45) is 0. The topological polar surface area (TPSA) is 59.4 Å². The first kappa shape index (κ1) is 13.1. The molecule has 0 bridgehead atoms. The highest BCUT2D eigenvalue weighted by atomic mass is 16.5. The number of aromatic nitrogens is 1. The number of carboxylic acid groups (broad SMARTS) is 1. The number of fused-ring (bicyclic) bond motifs is 1. The second-order valence-corrected chi connectivity index (χ2v) is 4.71. The molecule has 3 aromatic rings. The Balaban J connectivity index is 2.05. The zero-order valence-corrected chi connectivity index (χ0v) is 11.4. The van der Waals surface area contributed by atoms with E-state index in [9.17, 15) is 4.79 Å². The van der Waals surface area contributed by atoms with Crippen LogP contribution in [0, 0.1) is 6.92 Å². The van der Waals surface area contributed by atoms with Gasteiger partial charge < -0.3 is 9.84 Å². The van der Waals surface area contributed by atoms with Gasteiger partial charge in [-0.1, -0.05) is 18.2 Å². The molecule has 3 rings (SSSR count). The fourth-order valence-electron chi connectivity index (χ4n) is 2.17. The Morgan fingerprint density at radius 1 is 1.10 bits per heavy atom. The highest BCUT2D eigenvalue weighted by Crippen LogP contribution is 2.30. The molecule has 4 heteroatoms. The Morgan fingerprint density at radius 3 is 2.71 bits per heavy atom. The van der Waals surface area contributed by atoms with E-state index < -0.39 is 5.97 Å². The number of rotatable bonds is 3. The zero-order chi connectivity index (χ0) is 14.8. The Kier molecular flexibility index (Phi) is 3.28. The van der Waals surface area contributed by atoms with Crippen LogP contribution in [0.1, 0.15) is 16.1 Å². The van der Waals surface area contributed by atoms with Crippen molar-refractivity contribution in [3.8, 4) is 11.5 Å². The first-order valence-corrected chi connectivity index (χ1v) is 6.51. The maximum atomic E-state index is 11.0. The zero-order valence-electron chi connectivity index (χ0n) is 11.4. The first-order valence-electron chi connectivity index (χ1n) is 6.51. The van der Waals surface area contributed by atoms with E-state index in [2.05, 4.69) is 4.98 Å². The van der Waals surface area contributed by atoms with E-state index in [4.69, 9.17) is 9.84 Å². The van der Waals surface area contributed by atoms with Crippen molar-refractivity contribution in [3.63, 3.8) is 0 Å². The molecule has 0 aliphatic rings. The summed E-state index contributed by atoms with van der Waals surface area (Å²) in [5.41, 5.74) is 1.89. The molecule has 0 spiro atoms. The van der Waals surface area contributed by atoms with E-state index in [1.165, 1.54) is 12.1 Å². The van der Waals surface area contributed by atoms with Gasteiger partial charge in [0.15, 0.2) is 0 Å². The summed E-state index contributed by atoms with van der Waals surface area (Å²) < 4.78 is 5.86. The molecule has 1 N–H and O–H groups in total. The van der Waals surface area contributed by atoms with Crippen LogP contribution in [-0.2, 0) is 0 Å². The van der Waals surface area contributed by atoms with Crippen molar-refractivity contribution in [3.05, 3.63) is 65.9 Å². The van der Waals surface area contributed by atoms with E-state index in [1.54, 1.807) is 12.1 Å². The molecule has 2 aromatic carbocycles. The van der Waals surface area contributed by atoms with Gasteiger partial charge in [0.25, 0.3) is 0 Å². The summed E-state index contributed by atoms with van der Waals surface area (Å²) in [6, 6.07) is 16.0. The maximum absolute atomic E-state index is 11.0. The lowest BCUT2D eigenvalue weighted by atomic mass is 10.2. The molecule has 0 fully saturated rings. The van der Waals surface area contributed by atoms with E-state index in [0.717, 1.165) is 16.6 Å². The molecule has 0 radical (unpaired) electrons. The van der Waals surface area contributed by atoms with Gasteiger partial charge in [-0.3, -0.25) is 4.98 Å². The molecule has 21 heavy (non-hydrogen) atoms. The molecule has 0 unspecified atom stereocenters. The van der Waals surface area contributed by atoms with E-state index in [0.29, 0.717) is 11.5 Å². The number of hydrogen-bond acceptors (Lipinski definition) is 3. The second kappa shape index (κ2) is 5.25. The third-order valence-corrected chi connectivity index (χ3v) is 3.12. The monoisotopic (exact) mass is 279 g/mol. The SMILES string of the molecule is Cc1cc(Oc2cccc(C(=O)O)c2)c2ccccc2n1. The number of nitrogens with zero attached hydrogens (tertiary/aromatic N) is 1. The summed E-state index contributed by atoms with van der Waals surface area (Å²) in [5, 5.41) is 9.92. The smallest absolute Gasteiger partial charge is 0.335 e. The summed E-state index contributed by atoms with van der Waals surface area (Å²) in [7, 11) is 0. The van der Waals surface area contributed by atoms with Crippen LogP contribution in [0.15, 0.2) is 54.6 Å². The fraction of sp³-hybridized carbons (Fsp3) is 0.0588. The number of para-hydroxylation sites is 1. The number of pyridine rings is 1. The first-order chi connectivity index (χ1) is 10.1. The van der Waals surface area contributed by atoms with Crippen molar-refractivity contribution < 1.29 is 14.6 Å². The minimum atomic E-state index is -0.976. The average Bonchev–Trinajstić information content (AvgIpc) is 2.47. The van der Waals surface area contributed by atoms with E-state index in [-0.39, 0.29) is 5.56 Å². The molecule has 0 amide bonds. The molecular formula is C17H13NO3. The quantitative estimate of drug-likeness (QED) is 0.786. The lowest BCUT2D eigenvalue weighted by Crippen LogP contribution is -1.96. The molecule has 1 heterocycles. The van der Waals surface area contributed by atoms with Gasteiger partial charge >= 0.3 is 5.97 Å². The Morgan fingerprint density at radius 2 is 1.90 bits per heavy atom. The largest absolute Gasteiger partial charge is 0.478 e. The summed E-state index contributed by atoms with van der Waals surface area (Å²) in [5.74, 6) is 0.183. The molecule has 104 valence electrons. The van der Waals surface area contributed by atoms with Crippen LogP contribution < -0.4 is 4.74 Å². The normalized spacial score (nSPS) is 10.5. The maximum Gasteiger partial charge on any atom is 0.335 e. The van der Waals surface area contributed by atoms with Crippen LogP contribution in [0.25, 0.3) is 10.9 Å². The molecule has 0 aliphatic heterocycles. The number of carboxylic acids is 1. The standard InChI is InChI=1S/C17H13NO3/c1-11-9-16(14-7-2-3-8-15(14)18-11)21-13-6-4-5-12(10-13)17(19)20/h2-10H,1H3,(H,19,20). The number of carbonyl (C=O) groups is 1. The van der Waals surface area contributed by atoms with Crippen molar-refractivity contribution in [1.29, 1.82) is 0 Å². The highest BCUT2D eigenvalue weighted by molar-refractivity contribution is 5.88. The van der Waals surface area contributed by atoms with Crippen molar-refractivity contribution in [2.24, 2.45) is 0 Å². The van der Waals surface area contributed by atoms with Gasteiger partial charge in [0, 0.05) is 17.1 Å². The van der Waals surface area contributed by atoms with Crippen molar-refractivity contribution in [2.45, 2.75) is 6.92 Å². The lowest BCUT2D eigenvalue weighted by molar-refractivity contribution is 0.0696. The third kappa shape index (κ3) is 2.69. The van der Waals surface area contributed by atoms with Crippen LogP contribution in [0.2, 0.25) is 0 Å². The van der Waals surface area contributed by atoms with Crippen LogP contribution in [-0.4, -0.2) is 16.1 Å². The van der Waals surface area contributed by atoms with Gasteiger partial charge in [-0.05, 0) is 37.3 Å². The summed E-state index contributed by atoms with van der Waals surface area (Å²) in [6.45, 7) is 1.90. The Bertz CT molecular complexity index is 827. The van der Waals surface area contributed by atoms with Gasteiger partial charge in [-0.25, -0.2) is 4.79 Å². The Labute approximate surface area is 121 Å². The number of aryl methyl sites for hydroxylation is 1. The Hall–Kier alpha value is -2.88. The lowest BCUT2D eigenvalue weighted by Gasteiger charge is -2.10. The summed E-state index contributed by atoms with van der Waals surface area (Å²) >= 11 is 0. The van der Waals surface area contributed by atoms with E-state index >= 15 is 0 Å². The predicted octanol–water partition coefficient (Wildman–Crippen LogP) is 4.03. The number of benzene rings is 2. The van der Waals surface area contributed by atoms with Gasteiger partial charge in [-0.2, -0.15) is 0 Å². The highest BCUT2D eigenvalue weighted by Gasteiger charge is 2.08. The van der Waals surface area contributed by atoms with Crippen molar-refractivity contribution >= 4 is 16.9 Å². The van der Waals surface area contributed by atoms with Gasteiger partial charge in [0.2, 0.25) is 0 Å². The molecule has 0 saturated heterocycles. The van der Waals surface area contributed by atoms with Crippen LogP contribution in [0.5, 0.6) is 11.5 Å². The van der Waals surface area contributed by atoms with Crippen molar-refractivity contribution in [1.82, 2.24) is 4.98 Å².